The highest BCUT2D eigenvalue weighted by Crippen LogP contribution is 2.40. The molecule has 0 N–H and O–H groups in total. The maximum atomic E-state index is 11.6. The lowest BCUT2D eigenvalue weighted by Crippen LogP contribution is -2.41. The molecule has 2 saturated carbocycles. The van der Waals surface area contributed by atoms with Crippen molar-refractivity contribution in [2.24, 2.45) is 17.8 Å². The Kier molecular flexibility index (Phi) is 2.22. The van der Waals surface area contributed by atoms with Crippen molar-refractivity contribution >= 4 is 11.6 Å². The lowest BCUT2D eigenvalue weighted by atomic mass is 9.65. The quantitative estimate of drug-likeness (QED) is 0.534. The highest BCUT2D eigenvalue weighted by Gasteiger charge is 2.41. The summed E-state index contributed by atoms with van der Waals surface area (Å²) >= 11 is 0. The Hall–Kier alpha value is -0.660. The molecule has 0 aromatic carbocycles. The Bertz CT molecular complexity index is 244. The number of rotatable bonds is 0. The van der Waals surface area contributed by atoms with Crippen LogP contribution in [0.25, 0.3) is 0 Å². The van der Waals surface area contributed by atoms with E-state index < -0.39 is 0 Å². The molecule has 2 fully saturated rings. The fourth-order valence-electron chi connectivity index (χ4n) is 2.86. The number of hydrogen-bond acceptors (Lipinski definition) is 2. The molecule has 3 atom stereocenters. The van der Waals surface area contributed by atoms with Crippen molar-refractivity contribution < 1.29 is 9.59 Å². The van der Waals surface area contributed by atoms with Crippen molar-refractivity contribution in [3.05, 3.63) is 0 Å². The largest absolute Gasteiger partial charge is 0.299 e. The van der Waals surface area contributed by atoms with E-state index in [0.717, 1.165) is 12.8 Å². The summed E-state index contributed by atoms with van der Waals surface area (Å²) in [4.78, 5) is 23.0. The SMILES string of the molecule is CC1C(=O)CC(=O)C2CCCCC12. The van der Waals surface area contributed by atoms with Crippen LogP contribution >= 0.6 is 0 Å². The van der Waals surface area contributed by atoms with Crippen LogP contribution in [0.5, 0.6) is 0 Å². The van der Waals surface area contributed by atoms with Gasteiger partial charge in [-0.05, 0) is 18.8 Å². The van der Waals surface area contributed by atoms with E-state index in [1.165, 1.54) is 12.8 Å². The Morgan fingerprint density at radius 2 is 1.77 bits per heavy atom. The second-order valence-electron chi connectivity index (χ2n) is 4.45. The van der Waals surface area contributed by atoms with E-state index >= 15 is 0 Å². The first-order chi connectivity index (χ1) is 6.20. The maximum absolute atomic E-state index is 11.6. The Morgan fingerprint density at radius 1 is 1.08 bits per heavy atom. The minimum absolute atomic E-state index is 0.142. The van der Waals surface area contributed by atoms with Gasteiger partial charge in [0.15, 0.2) is 0 Å². The van der Waals surface area contributed by atoms with Crippen molar-refractivity contribution in [2.75, 3.05) is 0 Å². The molecule has 2 rings (SSSR count). The van der Waals surface area contributed by atoms with Crippen LogP contribution in [0, 0.1) is 17.8 Å². The van der Waals surface area contributed by atoms with E-state index in [2.05, 4.69) is 0 Å². The van der Waals surface area contributed by atoms with Gasteiger partial charge in [0.1, 0.15) is 11.6 Å². The average Bonchev–Trinajstić information content (AvgIpc) is 2.15. The van der Waals surface area contributed by atoms with Crippen molar-refractivity contribution in [2.45, 2.75) is 39.0 Å². The van der Waals surface area contributed by atoms with Gasteiger partial charge in [0.25, 0.3) is 0 Å². The average molecular weight is 180 g/mol. The number of carbonyl (C=O) groups is 2. The molecule has 0 bridgehead atoms. The predicted octanol–water partition coefficient (Wildman–Crippen LogP) is 1.97. The van der Waals surface area contributed by atoms with Gasteiger partial charge < -0.3 is 0 Å². The zero-order chi connectivity index (χ0) is 9.42. The first-order valence-corrected chi connectivity index (χ1v) is 5.25. The maximum Gasteiger partial charge on any atom is 0.143 e. The summed E-state index contributed by atoms with van der Waals surface area (Å²) in [5.74, 6) is 1.13. The van der Waals surface area contributed by atoms with Crippen molar-refractivity contribution in [1.29, 1.82) is 0 Å². The molecule has 0 aromatic rings. The van der Waals surface area contributed by atoms with E-state index in [4.69, 9.17) is 0 Å². The Balaban J connectivity index is 2.19. The van der Waals surface area contributed by atoms with E-state index in [0.29, 0.717) is 5.92 Å². The van der Waals surface area contributed by atoms with Gasteiger partial charge in [0.2, 0.25) is 0 Å². The van der Waals surface area contributed by atoms with Gasteiger partial charge in [-0.25, -0.2) is 0 Å². The highest BCUT2D eigenvalue weighted by molar-refractivity contribution is 6.03. The minimum atomic E-state index is 0.142. The van der Waals surface area contributed by atoms with Gasteiger partial charge in [0, 0.05) is 11.8 Å². The zero-order valence-corrected chi connectivity index (χ0v) is 8.08. The van der Waals surface area contributed by atoms with E-state index in [1.54, 1.807) is 0 Å². The van der Waals surface area contributed by atoms with Crippen molar-refractivity contribution in [1.82, 2.24) is 0 Å². The van der Waals surface area contributed by atoms with Crippen LogP contribution < -0.4 is 0 Å². The van der Waals surface area contributed by atoms with E-state index in [-0.39, 0.29) is 29.8 Å². The third-order valence-electron chi connectivity index (χ3n) is 3.73. The monoisotopic (exact) mass is 180 g/mol. The van der Waals surface area contributed by atoms with Crippen LogP contribution in [-0.2, 0) is 9.59 Å². The summed E-state index contributed by atoms with van der Waals surface area (Å²) in [6.07, 6.45) is 4.70. The summed E-state index contributed by atoms with van der Waals surface area (Å²) in [6.45, 7) is 2.00. The molecule has 0 aliphatic heterocycles. The predicted molar refractivity (Wildman–Crippen MR) is 49.2 cm³/mol. The molecular weight excluding hydrogens is 164 g/mol. The fourth-order valence-corrected chi connectivity index (χ4v) is 2.86. The number of Topliss-reactive ketones (excluding diaryl/α,β-unsaturated/α-hetero) is 2. The van der Waals surface area contributed by atoms with Gasteiger partial charge in [-0.3, -0.25) is 9.59 Å². The molecule has 2 aliphatic rings. The third kappa shape index (κ3) is 1.43. The summed E-state index contributed by atoms with van der Waals surface area (Å²) in [5, 5.41) is 0. The van der Waals surface area contributed by atoms with Gasteiger partial charge in [-0.2, -0.15) is 0 Å². The van der Waals surface area contributed by atoms with Gasteiger partial charge >= 0.3 is 0 Å². The molecular formula is C11H16O2. The summed E-state index contributed by atoms with van der Waals surface area (Å²) in [5.41, 5.74) is 0. The highest BCUT2D eigenvalue weighted by atomic mass is 16.2. The van der Waals surface area contributed by atoms with Gasteiger partial charge in [0.05, 0.1) is 6.42 Å². The minimum Gasteiger partial charge on any atom is -0.299 e. The first-order valence-electron chi connectivity index (χ1n) is 5.25. The van der Waals surface area contributed by atoms with Crippen LogP contribution in [-0.4, -0.2) is 11.6 Å². The molecule has 2 nitrogen and oxygen atoms in total. The Morgan fingerprint density at radius 3 is 2.54 bits per heavy atom. The molecule has 13 heavy (non-hydrogen) atoms. The second-order valence-corrected chi connectivity index (χ2v) is 4.45. The third-order valence-corrected chi connectivity index (χ3v) is 3.73. The van der Waals surface area contributed by atoms with Crippen LogP contribution in [0.4, 0.5) is 0 Å². The smallest absolute Gasteiger partial charge is 0.143 e. The molecule has 3 unspecified atom stereocenters. The van der Waals surface area contributed by atoms with Crippen molar-refractivity contribution in [3.8, 4) is 0 Å². The molecule has 0 saturated heterocycles. The lowest BCUT2D eigenvalue weighted by molar-refractivity contribution is -0.140. The number of carbonyl (C=O) groups excluding carboxylic acids is 2. The molecule has 0 spiro atoms. The Labute approximate surface area is 78.7 Å². The molecule has 72 valence electrons. The molecule has 0 aromatic heterocycles. The summed E-state index contributed by atoms with van der Waals surface area (Å²) in [7, 11) is 0. The van der Waals surface area contributed by atoms with Crippen LogP contribution in [0.15, 0.2) is 0 Å². The van der Waals surface area contributed by atoms with Crippen LogP contribution in [0.2, 0.25) is 0 Å². The van der Waals surface area contributed by atoms with E-state index in [9.17, 15) is 9.59 Å². The van der Waals surface area contributed by atoms with Gasteiger partial charge in [-0.1, -0.05) is 19.8 Å². The van der Waals surface area contributed by atoms with Crippen LogP contribution in [0.1, 0.15) is 39.0 Å². The van der Waals surface area contributed by atoms with E-state index in [1.807, 2.05) is 6.92 Å². The molecule has 0 radical (unpaired) electrons. The summed E-state index contributed by atoms with van der Waals surface area (Å²) < 4.78 is 0. The van der Waals surface area contributed by atoms with Gasteiger partial charge in [-0.15, -0.1) is 0 Å². The number of fused-ring (bicyclic) bond motifs is 1. The fraction of sp³-hybridized carbons (Fsp3) is 0.818. The standard InChI is InChI=1S/C11H16O2/c1-7-8-4-2-3-5-9(8)11(13)6-10(7)12/h7-9H,2-6H2,1H3. The lowest BCUT2D eigenvalue weighted by Gasteiger charge is -2.37. The topological polar surface area (TPSA) is 34.1 Å². The number of ketones is 2. The molecule has 0 amide bonds. The molecule has 2 aliphatic carbocycles. The molecule has 2 heteroatoms. The first kappa shape index (κ1) is 8.92. The normalized spacial score (nSPS) is 40.2. The van der Waals surface area contributed by atoms with Crippen LogP contribution in [0.3, 0.4) is 0 Å². The number of hydrogen-bond donors (Lipinski definition) is 0. The summed E-state index contributed by atoms with van der Waals surface area (Å²) in [6, 6.07) is 0. The second kappa shape index (κ2) is 3.24. The molecule has 0 heterocycles. The van der Waals surface area contributed by atoms with Crippen molar-refractivity contribution in [3.63, 3.8) is 0 Å². The zero-order valence-electron chi connectivity index (χ0n) is 8.08.